The van der Waals surface area contributed by atoms with E-state index in [9.17, 15) is 9.59 Å². The quantitative estimate of drug-likeness (QED) is 0.885. The van der Waals surface area contributed by atoms with E-state index < -0.39 is 0 Å². The summed E-state index contributed by atoms with van der Waals surface area (Å²) >= 11 is 0. The Hall–Kier alpha value is -2.36. The average molecular weight is 336 g/mol. The SMILES string of the molecule is Cc1ccc(C(NC(=O)c2[nH]c3c(c2C)C(=O)CCC3)C2CC2)cc1. The first-order valence-corrected chi connectivity index (χ1v) is 9.16. The smallest absolute Gasteiger partial charge is 0.268 e. The molecule has 0 aliphatic heterocycles. The van der Waals surface area contributed by atoms with Gasteiger partial charge in [-0.25, -0.2) is 0 Å². The zero-order valence-electron chi connectivity index (χ0n) is 14.8. The van der Waals surface area contributed by atoms with Gasteiger partial charge in [-0.3, -0.25) is 9.59 Å². The number of aromatic amines is 1. The number of ketones is 1. The van der Waals surface area contributed by atoms with Crippen LogP contribution in [0, 0.1) is 19.8 Å². The summed E-state index contributed by atoms with van der Waals surface area (Å²) in [5, 5.41) is 3.21. The molecule has 130 valence electrons. The largest absolute Gasteiger partial charge is 0.354 e. The second-order valence-electron chi connectivity index (χ2n) is 7.45. The fourth-order valence-electron chi connectivity index (χ4n) is 3.89. The highest BCUT2D eigenvalue weighted by molar-refractivity contribution is 6.04. The molecule has 4 rings (SSSR count). The second kappa shape index (κ2) is 6.17. The van der Waals surface area contributed by atoms with Gasteiger partial charge in [-0.05, 0) is 56.6 Å². The van der Waals surface area contributed by atoms with E-state index in [2.05, 4.69) is 41.5 Å². The maximum Gasteiger partial charge on any atom is 0.268 e. The summed E-state index contributed by atoms with van der Waals surface area (Å²) in [7, 11) is 0. The summed E-state index contributed by atoms with van der Waals surface area (Å²) in [4.78, 5) is 28.3. The molecule has 0 spiro atoms. The van der Waals surface area contributed by atoms with Crippen LogP contribution in [-0.4, -0.2) is 16.7 Å². The molecule has 1 fully saturated rings. The Balaban J connectivity index is 1.60. The van der Waals surface area contributed by atoms with E-state index in [1.807, 2.05) is 6.92 Å². The van der Waals surface area contributed by atoms with Gasteiger partial charge in [0.15, 0.2) is 5.78 Å². The summed E-state index contributed by atoms with van der Waals surface area (Å²) in [6.45, 7) is 3.95. The zero-order valence-corrected chi connectivity index (χ0v) is 14.8. The number of amides is 1. The average Bonchev–Trinajstić information content (AvgIpc) is 3.37. The Morgan fingerprint density at radius 2 is 1.88 bits per heavy atom. The lowest BCUT2D eigenvalue weighted by Gasteiger charge is -2.19. The summed E-state index contributed by atoms with van der Waals surface area (Å²) in [5.74, 6) is 0.571. The summed E-state index contributed by atoms with van der Waals surface area (Å²) < 4.78 is 0. The molecule has 1 aromatic heterocycles. The maximum atomic E-state index is 12.9. The van der Waals surface area contributed by atoms with Gasteiger partial charge in [0.25, 0.3) is 5.91 Å². The van der Waals surface area contributed by atoms with Crippen molar-refractivity contribution >= 4 is 11.7 Å². The first-order chi connectivity index (χ1) is 12.0. The van der Waals surface area contributed by atoms with Gasteiger partial charge < -0.3 is 10.3 Å². The highest BCUT2D eigenvalue weighted by Gasteiger charge is 2.35. The number of fused-ring (bicyclic) bond motifs is 1. The number of Topliss-reactive ketones (excluding diaryl/α,β-unsaturated/α-hetero) is 1. The molecule has 1 atom stereocenters. The lowest BCUT2D eigenvalue weighted by atomic mass is 9.93. The fourth-order valence-corrected chi connectivity index (χ4v) is 3.89. The van der Waals surface area contributed by atoms with E-state index in [0.717, 1.165) is 48.1 Å². The Bertz CT molecular complexity index is 828. The molecule has 1 aromatic carbocycles. The van der Waals surface area contributed by atoms with Crippen LogP contribution in [0.25, 0.3) is 0 Å². The number of rotatable bonds is 4. The Morgan fingerprint density at radius 3 is 2.52 bits per heavy atom. The van der Waals surface area contributed by atoms with Crippen molar-refractivity contribution in [3.8, 4) is 0 Å². The third-order valence-electron chi connectivity index (χ3n) is 5.48. The summed E-state index contributed by atoms with van der Waals surface area (Å²) in [6, 6.07) is 8.44. The molecule has 0 radical (unpaired) electrons. The highest BCUT2D eigenvalue weighted by Crippen LogP contribution is 2.41. The molecule has 0 bridgehead atoms. The van der Waals surface area contributed by atoms with Crippen LogP contribution in [0.5, 0.6) is 0 Å². The molecule has 2 aliphatic carbocycles. The molecular formula is C21H24N2O2. The first kappa shape index (κ1) is 16.1. The first-order valence-electron chi connectivity index (χ1n) is 9.16. The molecule has 1 amide bonds. The van der Waals surface area contributed by atoms with Crippen molar-refractivity contribution in [2.24, 2.45) is 5.92 Å². The predicted molar refractivity (Wildman–Crippen MR) is 96.9 cm³/mol. The number of aromatic nitrogens is 1. The number of benzene rings is 1. The van der Waals surface area contributed by atoms with Crippen molar-refractivity contribution in [3.05, 3.63) is 57.9 Å². The standard InChI is InChI=1S/C21H24N2O2/c1-12-6-8-14(9-7-12)20(15-10-11-15)23-21(25)19-13(2)18-16(22-19)4-3-5-17(18)24/h6-9,15,20,22H,3-5,10-11H2,1-2H3,(H,23,25). The zero-order chi connectivity index (χ0) is 17.6. The van der Waals surface area contributed by atoms with Crippen molar-refractivity contribution < 1.29 is 9.59 Å². The predicted octanol–water partition coefficient (Wildman–Crippen LogP) is 4.03. The fraction of sp³-hybridized carbons (Fsp3) is 0.429. The van der Waals surface area contributed by atoms with Crippen LogP contribution in [0.3, 0.4) is 0 Å². The lowest BCUT2D eigenvalue weighted by molar-refractivity contribution is 0.0926. The summed E-state index contributed by atoms with van der Waals surface area (Å²) in [6.07, 6.45) is 4.59. The number of H-pyrrole nitrogens is 1. The number of hydrogen-bond acceptors (Lipinski definition) is 2. The van der Waals surface area contributed by atoms with Crippen molar-refractivity contribution in [1.82, 2.24) is 10.3 Å². The van der Waals surface area contributed by atoms with Gasteiger partial charge in [0, 0.05) is 17.7 Å². The molecule has 1 heterocycles. The summed E-state index contributed by atoms with van der Waals surface area (Å²) in [5.41, 5.74) is 5.41. The third kappa shape index (κ3) is 3.01. The topological polar surface area (TPSA) is 62.0 Å². The van der Waals surface area contributed by atoms with Crippen LogP contribution in [-0.2, 0) is 6.42 Å². The van der Waals surface area contributed by atoms with E-state index in [-0.39, 0.29) is 17.7 Å². The normalized spacial score (nSPS) is 17.9. The number of hydrogen-bond donors (Lipinski definition) is 2. The molecule has 2 N–H and O–H groups in total. The highest BCUT2D eigenvalue weighted by atomic mass is 16.2. The molecular weight excluding hydrogens is 312 g/mol. The van der Waals surface area contributed by atoms with Crippen LogP contribution in [0.1, 0.15) is 75.0 Å². The van der Waals surface area contributed by atoms with Crippen LogP contribution in [0.2, 0.25) is 0 Å². The minimum atomic E-state index is -0.0998. The number of aryl methyl sites for hydroxylation is 2. The van der Waals surface area contributed by atoms with Crippen LogP contribution in [0.4, 0.5) is 0 Å². The van der Waals surface area contributed by atoms with Crippen LogP contribution in [0.15, 0.2) is 24.3 Å². The number of carbonyl (C=O) groups excluding carboxylic acids is 2. The Morgan fingerprint density at radius 1 is 1.16 bits per heavy atom. The Kier molecular flexibility index (Phi) is 3.98. The minimum absolute atomic E-state index is 0.0449. The van der Waals surface area contributed by atoms with Crippen LogP contribution >= 0.6 is 0 Å². The molecule has 25 heavy (non-hydrogen) atoms. The lowest BCUT2D eigenvalue weighted by Crippen LogP contribution is -2.30. The Labute approximate surface area is 148 Å². The van der Waals surface area contributed by atoms with Crippen LogP contribution < -0.4 is 5.32 Å². The van der Waals surface area contributed by atoms with E-state index in [1.54, 1.807) is 0 Å². The van der Waals surface area contributed by atoms with Gasteiger partial charge in [-0.2, -0.15) is 0 Å². The van der Waals surface area contributed by atoms with Gasteiger partial charge in [0.1, 0.15) is 5.69 Å². The van der Waals surface area contributed by atoms with Crippen molar-refractivity contribution in [2.45, 2.75) is 52.0 Å². The molecule has 2 aliphatic rings. The number of carbonyl (C=O) groups is 2. The van der Waals surface area contributed by atoms with Gasteiger partial charge in [0.05, 0.1) is 6.04 Å². The maximum absolute atomic E-state index is 12.9. The van der Waals surface area contributed by atoms with E-state index >= 15 is 0 Å². The van der Waals surface area contributed by atoms with Gasteiger partial charge in [0.2, 0.25) is 0 Å². The second-order valence-corrected chi connectivity index (χ2v) is 7.45. The van der Waals surface area contributed by atoms with Gasteiger partial charge in [-0.1, -0.05) is 29.8 Å². The van der Waals surface area contributed by atoms with E-state index in [0.29, 0.717) is 18.0 Å². The van der Waals surface area contributed by atoms with Gasteiger partial charge >= 0.3 is 0 Å². The molecule has 0 saturated heterocycles. The molecule has 4 heteroatoms. The number of nitrogens with one attached hydrogen (secondary N) is 2. The van der Waals surface area contributed by atoms with Crippen molar-refractivity contribution in [1.29, 1.82) is 0 Å². The molecule has 2 aromatic rings. The van der Waals surface area contributed by atoms with E-state index in [4.69, 9.17) is 0 Å². The van der Waals surface area contributed by atoms with E-state index in [1.165, 1.54) is 5.56 Å². The third-order valence-corrected chi connectivity index (χ3v) is 5.48. The minimum Gasteiger partial charge on any atom is -0.354 e. The molecule has 1 saturated carbocycles. The molecule has 1 unspecified atom stereocenters. The van der Waals surface area contributed by atoms with Crippen molar-refractivity contribution in [2.75, 3.05) is 0 Å². The van der Waals surface area contributed by atoms with Crippen molar-refractivity contribution in [3.63, 3.8) is 0 Å². The van der Waals surface area contributed by atoms with Gasteiger partial charge in [-0.15, -0.1) is 0 Å². The molecule has 4 nitrogen and oxygen atoms in total. The monoisotopic (exact) mass is 336 g/mol.